The average molecular weight is 264 g/mol. The van der Waals surface area contributed by atoms with Crippen molar-refractivity contribution in [1.82, 2.24) is 5.32 Å². The van der Waals surface area contributed by atoms with Crippen molar-refractivity contribution in [1.29, 1.82) is 0 Å². The Balaban J connectivity index is 2.72. The largest absolute Gasteiger partial charge is 0.312 e. The van der Waals surface area contributed by atoms with Crippen LogP contribution in [0.1, 0.15) is 5.56 Å². The molecular formula is C10H12BrF2N. The highest BCUT2D eigenvalue weighted by atomic mass is 79.9. The second-order valence-electron chi connectivity index (χ2n) is 3.03. The van der Waals surface area contributed by atoms with Crippen LogP contribution in [0.2, 0.25) is 0 Å². The molecule has 0 aliphatic carbocycles. The third-order valence-electron chi connectivity index (χ3n) is 2.07. The smallest absolute Gasteiger partial charge is 0.254 e. The lowest BCUT2D eigenvalue weighted by Crippen LogP contribution is -2.34. The Morgan fingerprint density at radius 3 is 2.50 bits per heavy atom. The zero-order chi connectivity index (χ0) is 10.6. The van der Waals surface area contributed by atoms with E-state index in [0.717, 1.165) is 10.0 Å². The van der Waals surface area contributed by atoms with Crippen molar-refractivity contribution >= 4 is 15.9 Å². The van der Waals surface area contributed by atoms with E-state index in [4.69, 9.17) is 0 Å². The van der Waals surface area contributed by atoms with Gasteiger partial charge in [0.15, 0.2) is 0 Å². The lowest BCUT2D eigenvalue weighted by molar-refractivity contribution is 0.102. The number of benzene rings is 1. The van der Waals surface area contributed by atoms with Gasteiger partial charge in [0, 0.05) is 4.47 Å². The molecule has 1 N–H and O–H groups in total. The fourth-order valence-electron chi connectivity index (χ4n) is 1.22. The van der Waals surface area contributed by atoms with Gasteiger partial charge in [-0.3, -0.25) is 0 Å². The molecule has 4 heteroatoms. The Hall–Kier alpha value is -0.480. The van der Waals surface area contributed by atoms with Crippen LogP contribution in [0, 0.1) is 0 Å². The van der Waals surface area contributed by atoms with Gasteiger partial charge in [-0.15, -0.1) is 0 Å². The summed E-state index contributed by atoms with van der Waals surface area (Å²) in [5.41, 5.74) is 0.896. The first-order valence-corrected chi connectivity index (χ1v) is 5.13. The van der Waals surface area contributed by atoms with Crippen molar-refractivity contribution in [3.63, 3.8) is 0 Å². The molecule has 14 heavy (non-hydrogen) atoms. The van der Waals surface area contributed by atoms with Crippen LogP contribution in [0.4, 0.5) is 8.78 Å². The van der Waals surface area contributed by atoms with E-state index in [2.05, 4.69) is 21.2 Å². The molecule has 78 valence electrons. The molecule has 0 aliphatic rings. The Morgan fingerprint density at radius 2 is 2.00 bits per heavy atom. The molecule has 0 fully saturated rings. The molecule has 0 heterocycles. The Bertz CT molecular complexity index is 291. The number of rotatable bonds is 4. The molecule has 1 aromatic carbocycles. The third-order valence-corrected chi connectivity index (χ3v) is 2.85. The lowest BCUT2D eigenvalue weighted by atomic mass is 10.1. The fourth-order valence-corrected chi connectivity index (χ4v) is 1.66. The Morgan fingerprint density at radius 1 is 1.36 bits per heavy atom. The SMILES string of the molecule is CNC(Cc1ccccc1Br)C(F)F. The first kappa shape index (κ1) is 11.6. The van der Waals surface area contributed by atoms with Crippen molar-refractivity contribution in [2.45, 2.75) is 18.9 Å². The summed E-state index contributed by atoms with van der Waals surface area (Å²) in [5, 5.41) is 2.61. The van der Waals surface area contributed by atoms with E-state index in [1.807, 2.05) is 24.3 Å². The summed E-state index contributed by atoms with van der Waals surface area (Å²) in [5.74, 6) is 0. The van der Waals surface area contributed by atoms with Crippen LogP contribution in [0.15, 0.2) is 28.7 Å². The Labute approximate surface area is 90.6 Å². The van der Waals surface area contributed by atoms with Gasteiger partial charge in [0.05, 0.1) is 6.04 Å². The number of likely N-dealkylation sites (N-methyl/N-ethyl adjacent to an activating group) is 1. The molecule has 1 rings (SSSR count). The molecule has 0 aromatic heterocycles. The van der Waals surface area contributed by atoms with E-state index >= 15 is 0 Å². The van der Waals surface area contributed by atoms with Crippen LogP contribution in [0.3, 0.4) is 0 Å². The monoisotopic (exact) mass is 263 g/mol. The van der Waals surface area contributed by atoms with Gasteiger partial charge in [0.25, 0.3) is 6.43 Å². The van der Waals surface area contributed by atoms with E-state index in [9.17, 15) is 8.78 Å². The quantitative estimate of drug-likeness (QED) is 0.881. The van der Waals surface area contributed by atoms with Gasteiger partial charge in [0.2, 0.25) is 0 Å². The minimum Gasteiger partial charge on any atom is -0.312 e. The maximum atomic E-state index is 12.4. The summed E-state index contributed by atoms with van der Waals surface area (Å²) in [4.78, 5) is 0. The van der Waals surface area contributed by atoms with Gasteiger partial charge in [-0.05, 0) is 25.1 Å². The molecule has 1 aromatic rings. The molecule has 0 radical (unpaired) electrons. The van der Waals surface area contributed by atoms with Crippen molar-refractivity contribution in [3.05, 3.63) is 34.3 Å². The second kappa shape index (κ2) is 5.41. The Kier molecular flexibility index (Phi) is 4.48. The van der Waals surface area contributed by atoms with Gasteiger partial charge in [0.1, 0.15) is 0 Å². The summed E-state index contributed by atoms with van der Waals surface area (Å²) < 4.78 is 25.8. The predicted molar refractivity (Wildman–Crippen MR) is 56.7 cm³/mol. The number of alkyl halides is 2. The fraction of sp³-hybridized carbons (Fsp3) is 0.400. The summed E-state index contributed by atoms with van der Waals surface area (Å²) in [6, 6.07) is 6.63. The third kappa shape index (κ3) is 3.03. The zero-order valence-electron chi connectivity index (χ0n) is 7.81. The molecule has 0 spiro atoms. The molecule has 0 amide bonds. The second-order valence-corrected chi connectivity index (χ2v) is 3.88. The van der Waals surface area contributed by atoms with E-state index in [1.165, 1.54) is 0 Å². The summed E-state index contributed by atoms with van der Waals surface area (Å²) in [6.07, 6.45) is -2.01. The maximum absolute atomic E-state index is 12.4. The number of hydrogen-bond donors (Lipinski definition) is 1. The molecule has 0 saturated heterocycles. The summed E-state index contributed by atoms with van der Waals surface area (Å²) >= 11 is 3.33. The highest BCUT2D eigenvalue weighted by molar-refractivity contribution is 9.10. The molecule has 0 aliphatic heterocycles. The zero-order valence-corrected chi connectivity index (χ0v) is 9.39. The molecule has 0 saturated carbocycles. The first-order chi connectivity index (χ1) is 6.65. The molecule has 1 unspecified atom stereocenters. The van der Waals surface area contributed by atoms with Gasteiger partial charge in [-0.1, -0.05) is 34.1 Å². The first-order valence-electron chi connectivity index (χ1n) is 4.34. The number of halogens is 3. The highest BCUT2D eigenvalue weighted by Gasteiger charge is 2.19. The normalized spacial score (nSPS) is 13.2. The van der Waals surface area contributed by atoms with Crippen LogP contribution < -0.4 is 5.32 Å². The van der Waals surface area contributed by atoms with Crippen LogP contribution in [-0.2, 0) is 6.42 Å². The van der Waals surface area contributed by atoms with Crippen molar-refractivity contribution in [3.8, 4) is 0 Å². The molecule has 1 nitrogen and oxygen atoms in total. The summed E-state index contributed by atoms with van der Waals surface area (Å²) in [7, 11) is 1.55. The van der Waals surface area contributed by atoms with Crippen LogP contribution >= 0.6 is 15.9 Å². The van der Waals surface area contributed by atoms with Gasteiger partial charge >= 0.3 is 0 Å². The van der Waals surface area contributed by atoms with Crippen molar-refractivity contribution < 1.29 is 8.78 Å². The van der Waals surface area contributed by atoms with E-state index in [-0.39, 0.29) is 0 Å². The standard InChI is InChI=1S/C10H12BrF2N/c1-14-9(10(12)13)6-7-4-2-3-5-8(7)11/h2-5,9-10,14H,6H2,1H3. The topological polar surface area (TPSA) is 12.0 Å². The van der Waals surface area contributed by atoms with E-state index in [0.29, 0.717) is 6.42 Å². The van der Waals surface area contributed by atoms with E-state index in [1.54, 1.807) is 7.05 Å². The van der Waals surface area contributed by atoms with Crippen molar-refractivity contribution in [2.24, 2.45) is 0 Å². The molecule has 1 atom stereocenters. The highest BCUT2D eigenvalue weighted by Crippen LogP contribution is 2.19. The number of nitrogens with one attached hydrogen (secondary N) is 1. The summed E-state index contributed by atoms with van der Waals surface area (Å²) in [6.45, 7) is 0. The van der Waals surface area contributed by atoms with Crippen molar-refractivity contribution in [2.75, 3.05) is 7.05 Å². The molecular weight excluding hydrogens is 252 g/mol. The predicted octanol–water partition coefficient (Wildman–Crippen LogP) is 2.84. The minimum absolute atomic E-state index is 0.329. The van der Waals surface area contributed by atoms with Gasteiger partial charge in [-0.2, -0.15) is 0 Å². The van der Waals surface area contributed by atoms with Crippen LogP contribution in [0.5, 0.6) is 0 Å². The maximum Gasteiger partial charge on any atom is 0.254 e. The minimum atomic E-state index is -2.34. The van der Waals surface area contributed by atoms with Gasteiger partial charge in [-0.25, -0.2) is 8.78 Å². The molecule has 0 bridgehead atoms. The number of hydrogen-bond acceptors (Lipinski definition) is 1. The van der Waals surface area contributed by atoms with E-state index < -0.39 is 12.5 Å². The van der Waals surface area contributed by atoms with Gasteiger partial charge < -0.3 is 5.32 Å². The van der Waals surface area contributed by atoms with Crippen LogP contribution in [0.25, 0.3) is 0 Å². The lowest BCUT2D eigenvalue weighted by Gasteiger charge is -2.15. The average Bonchev–Trinajstić information content (AvgIpc) is 2.16. The van der Waals surface area contributed by atoms with Crippen LogP contribution in [-0.4, -0.2) is 19.5 Å².